The first-order valence-electron chi connectivity index (χ1n) is 7.08. The summed E-state index contributed by atoms with van der Waals surface area (Å²) in [4.78, 5) is 14.2. The summed E-state index contributed by atoms with van der Waals surface area (Å²) in [5.41, 5.74) is 0.924. The largest absolute Gasteiger partial charge is 0.462 e. The van der Waals surface area contributed by atoms with Gasteiger partial charge in [0.15, 0.2) is 0 Å². The molecule has 4 nitrogen and oxygen atoms in total. The van der Waals surface area contributed by atoms with Crippen LogP contribution >= 0.6 is 0 Å². The van der Waals surface area contributed by atoms with Crippen LogP contribution in [0, 0.1) is 11.3 Å². The molecular formula is C16H20N2O2. The third-order valence-corrected chi connectivity index (χ3v) is 3.83. The number of likely N-dealkylation sites (tertiary alicyclic amines) is 1. The lowest BCUT2D eigenvalue weighted by Gasteiger charge is -2.32. The minimum Gasteiger partial charge on any atom is -0.462 e. The molecule has 2 rings (SSSR count). The van der Waals surface area contributed by atoms with E-state index in [2.05, 4.69) is 11.9 Å². The Morgan fingerprint density at radius 3 is 3.10 bits per heavy atom. The van der Waals surface area contributed by atoms with Gasteiger partial charge in [0.25, 0.3) is 0 Å². The van der Waals surface area contributed by atoms with Gasteiger partial charge in [-0.25, -0.2) is 4.79 Å². The van der Waals surface area contributed by atoms with Gasteiger partial charge in [-0.1, -0.05) is 12.5 Å². The van der Waals surface area contributed by atoms with Crippen LogP contribution in [0.25, 0.3) is 0 Å². The van der Waals surface area contributed by atoms with E-state index in [4.69, 9.17) is 10.00 Å². The number of rotatable bonds is 4. The maximum Gasteiger partial charge on any atom is 0.338 e. The quantitative estimate of drug-likeness (QED) is 0.791. The number of hydrogen-bond acceptors (Lipinski definition) is 4. The smallest absolute Gasteiger partial charge is 0.338 e. The van der Waals surface area contributed by atoms with E-state index in [1.165, 1.54) is 19.3 Å². The predicted octanol–water partition coefficient (Wildman–Crippen LogP) is 2.59. The number of esters is 1. The number of piperidine rings is 1. The number of carbonyl (C=O) groups excluding carboxylic acids is 1. The molecule has 106 valence electrons. The molecule has 0 bridgehead atoms. The third-order valence-electron chi connectivity index (χ3n) is 3.83. The number of ether oxygens (including phenoxy) is 1. The summed E-state index contributed by atoms with van der Waals surface area (Å²) < 4.78 is 5.30. The summed E-state index contributed by atoms with van der Waals surface area (Å²) in [5.74, 6) is -0.347. The van der Waals surface area contributed by atoms with E-state index in [9.17, 15) is 4.79 Å². The second kappa shape index (κ2) is 7.06. The molecule has 0 aliphatic carbocycles. The summed E-state index contributed by atoms with van der Waals surface area (Å²) in [6, 6.07) is 9.15. The Kier molecular flexibility index (Phi) is 5.14. The van der Waals surface area contributed by atoms with Crippen LogP contribution in [0.5, 0.6) is 0 Å². The first-order chi connectivity index (χ1) is 9.70. The Morgan fingerprint density at radius 1 is 1.50 bits per heavy atom. The number of nitriles is 1. The highest BCUT2D eigenvalue weighted by Crippen LogP contribution is 2.17. The molecule has 1 atom stereocenters. The molecule has 20 heavy (non-hydrogen) atoms. The van der Waals surface area contributed by atoms with Gasteiger partial charge in [0.1, 0.15) is 0 Å². The first-order valence-corrected chi connectivity index (χ1v) is 7.08. The second-order valence-corrected chi connectivity index (χ2v) is 5.25. The molecule has 0 radical (unpaired) electrons. The molecule has 1 heterocycles. The summed E-state index contributed by atoms with van der Waals surface area (Å²) in [6.07, 6.45) is 4.57. The van der Waals surface area contributed by atoms with Crippen molar-refractivity contribution in [1.82, 2.24) is 4.90 Å². The van der Waals surface area contributed by atoms with Crippen LogP contribution in [0.1, 0.15) is 41.6 Å². The SMILES string of the molecule is CN1CCCC[C@@H]1CCOC(=O)c1cccc(C#N)c1. The van der Waals surface area contributed by atoms with Gasteiger partial charge in [-0.2, -0.15) is 5.26 Å². The van der Waals surface area contributed by atoms with Gasteiger partial charge < -0.3 is 9.64 Å². The van der Waals surface area contributed by atoms with E-state index in [-0.39, 0.29) is 5.97 Å². The van der Waals surface area contributed by atoms with E-state index >= 15 is 0 Å². The molecule has 1 aromatic rings. The number of hydrogen-bond donors (Lipinski definition) is 0. The first kappa shape index (κ1) is 14.5. The van der Waals surface area contributed by atoms with E-state index in [1.807, 2.05) is 6.07 Å². The third kappa shape index (κ3) is 3.82. The zero-order valence-electron chi connectivity index (χ0n) is 11.8. The van der Waals surface area contributed by atoms with Crippen molar-refractivity contribution in [3.8, 4) is 6.07 Å². The van der Waals surface area contributed by atoms with Gasteiger partial charge in [0.2, 0.25) is 0 Å². The Morgan fingerprint density at radius 2 is 2.35 bits per heavy atom. The van der Waals surface area contributed by atoms with Gasteiger partial charge in [-0.05, 0) is 51.1 Å². The Bertz CT molecular complexity index is 507. The Balaban J connectivity index is 1.81. The molecule has 0 spiro atoms. The van der Waals surface area contributed by atoms with Crippen LogP contribution < -0.4 is 0 Å². The van der Waals surface area contributed by atoms with Crippen molar-refractivity contribution in [3.63, 3.8) is 0 Å². The highest BCUT2D eigenvalue weighted by atomic mass is 16.5. The van der Waals surface area contributed by atoms with Crippen molar-refractivity contribution < 1.29 is 9.53 Å². The molecule has 0 aromatic heterocycles. The van der Waals surface area contributed by atoms with Gasteiger partial charge >= 0.3 is 5.97 Å². The molecule has 0 saturated carbocycles. The van der Waals surface area contributed by atoms with Crippen LogP contribution in [-0.4, -0.2) is 37.1 Å². The van der Waals surface area contributed by atoms with Gasteiger partial charge in [0.05, 0.1) is 23.8 Å². The number of benzene rings is 1. The van der Waals surface area contributed by atoms with Crippen LogP contribution in [0.4, 0.5) is 0 Å². The van der Waals surface area contributed by atoms with Crippen molar-refractivity contribution in [1.29, 1.82) is 5.26 Å². The van der Waals surface area contributed by atoms with Crippen molar-refractivity contribution in [3.05, 3.63) is 35.4 Å². The second-order valence-electron chi connectivity index (χ2n) is 5.25. The summed E-state index contributed by atoms with van der Waals surface area (Å²) in [5, 5.41) is 8.81. The fraction of sp³-hybridized carbons (Fsp3) is 0.500. The molecular weight excluding hydrogens is 252 g/mol. The van der Waals surface area contributed by atoms with E-state index in [1.54, 1.807) is 24.3 Å². The van der Waals surface area contributed by atoms with Crippen LogP contribution in [0.15, 0.2) is 24.3 Å². The summed E-state index contributed by atoms with van der Waals surface area (Å²) in [7, 11) is 2.13. The lowest BCUT2D eigenvalue weighted by molar-refractivity contribution is 0.0450. The highest BCUT2D eigenvalue weighted by molar-refractivity contribution is 5.89. The zero-order valence-corrected chi connectivity index (χ0v) is 11.8. The lowest BCUT2D eigenvalue weighted by atomic mass is 10.0. The minimum atomic E-state index is -0.347. The van der Waals surface area contributed by atoms with Crippen LogP contribution in [0.3, 0.4) is 0 Å². The van der Waals surface area contributed by atoms with E-state index in [0.717, 1.165) is 13.0 Å². The molecule has 1 saturated heterocycles. The van der Waals surface area contributed by atoms with Crippen LogP contribution in [-0.2, 0) is 4.74 Å². The molecule has 1 aliphatic heterocycles. The number of carbonyl (C=O) groups is 1. The van der Waals surface area contributed by atoms with E-state index < -0.39 is 0 Å². The fourth-order valence-electron chi connectivity index (χ4n) is 2.60. The Hall–Kier alpha value is -1.86. The fourth-order valence-corrected chi connectivity index (χ4v) is 2.60. The normalized spacial score (nSPS) is 19.3. The predicted molar refractivity (Wildman–Crippen MR) is 76.3 cm³/mol. The number of nitrogens with zero attached hydrogens (tertiary/aromatic N) is 2. The average Bonchev–Trinajstić information content (AvgIpc) is 2.49. The molecule has 0 amide bonds. The topological polar surface area (TPSA) is 53.3 Å². The molecule has 0 unspecified atom stereocenters. The van der Waals surface area contributed by atoms with Crippen molar-refractivity contribution in [2.45, 2.75) is 31.7 Å². The lowest BCUT2D eigenvalue weighted by Crippen LogP contribution is -2.37. The van der Waals surface area contributed by atoms with Crippen molar-refractivity contribution >= 4 is 5.97 Å². The minimum absolute atomic E-state index is 0.347. The molecule has 1 aromatic carbocycles. The maximum atomic E-state index is 11.9. The van der Waals surface area contributed by atoms with E-state index in [0.29, 0.717) is 23.8 Å². The average molecular weight is 272 g/mol. The molecule has 4 heteroatoms. The molecule has 0 N–H and O–H groups in total. The Labute approximate surface area is 120 Å². The van der Waals surface area contributed by atoms with Gasteiger partial charge in [-0.15, -0.1) is 0 Å². The summed E-state index contributed by atoms with van der Waals surface area (Å²) >= 11 is 0. The monoisotopic (exact) mass is 272 g/mol. The standard InChI is InChI=1S/C16H20N2O2/c1-18-9-3-2-7-15(18)8-10-20-16(19)14-6-4-5-13(11-14)12-17/h4-6,11,15H,2-3,7-10H2,1H3/t15-/m1/s1. The van der Waals surface area contributed by atoms with Gasteiger partial charge in [0, 0.05) is 6.04 Å². The maximum absolute atomic E-state index is 11.9. The van der Waals surface area contributed by atoms with Gasteiger partial charge in [-0.3, -0.25) is 0 Å². The van der Waals surface area contributed by atoms with Crippen molar-refractivity contribution in [2.75, 3.05) is 20.2 Å². The van der Waals surface area contributed by atoms with Crippen LogP contribution in [0.2, 0.25) is 0 Å². The summed E-state index contributed by atoms with van der Waals surface area (Å²) in [6.45, 7) is 1.56. The zero-order chi connectivity index (χ0) is 14.4. The molecule has 1 aliphatic rings. The molecule has 1 fully saturated rings. The highest BCUT2D eigenvalue weighted by Gasteiger charge is 2.19. The van der Waals surface area contributed by atoms with Crippen molar-refractivity contribution in [2.24, 2.45) is 0 Å².